The van der Waals surface area contributed by atoms with Crippen LogP contribution in [-0.2, 0) is 10.0 Å². The molecular weight excluding hydrogens is 250 g/mol. The van der Waals surface area contributed by atoms with Crippen LogP contribution in [0.2, 0.25) is 0 Å². The van der Waals surface area contributed by atoms with Crippen molar-refractivity contribution in [2.75, 3.05) is 12.3 Å². The Labute approximate surface area is 109 Å². The summed E-state index contributed by atoms with van der Waals surface area (Å²) in [4.78, 5) is 3.97. The maximum atomic E-state index is 11.8. The number of hydrogen-bond acceptors (Lipinski definition) is 4. The third-order valence-corrected chi connectivity index (χ3v) is 3.92. The van der Waals surface area contributed by atoms with Gasteiger partial charge in [0.1, 0.15) is 0 Å². The molecule has 1 aromatic heterocycles. The lowest BCUT2D eigenvalue weighted by Gasteiger charge is -2.15. The van der Waals surface area contributed by atoms with Crippen molar-refractivity contribution in [3.63, 3.8) is 0 Å². The molecule has 0 spiro atoms. The van der Waals surface area contributed by atoms with E-state index in [1.165, 1.54) is 0 Å². The molecule has 2 N–H and O–H groups in total. The quantitative estimate of drug-likeness (QED) is 0.778. The van der Waals surface area contributed by atoms with Crippen molar-refractivity contribution in [1.29, 1.82) is 0 Å². The first-order valence-electron chi connectivity index (χ1n) is 6.04. The van der Waals surface area contributed by atoms with Crippen LogP contribution in [0.25, 0.3) is 0 Å². The second-order valence-electron chi connectivity index (χ2n) is 4.55. The van der Waals surface area contributed by atoms with Crippen LogP contribution in [0.3, 0.4) is 0 Å². The van der Waals surface area contributed by atoms with E-state index in [0.717, 1.165) is 5.56 Å². The van der Waals surface area contributed by atoms with Gasteiger partial charge in [-0.05, 0) is 18.6 Å². The van der Waals surface area contributed by atoms with E-state index >= 15 is 0 Å². The van der Waals surface area contributed by atoms with Crippen LogP contribution in [-0.4, -0.2) is 31.7 Å². The lowest BCUT2D eigenvalue weighted by atomic mass is 10.2. The standard InChI is InChI=1S/C12H21N3O2S/c1-10(2)14-7-8-18(16,17)15-11(3)12-5-4-6-13-9-12/h4-6,9-11,14-15H,7-8H2,1-3H3. The van der Waals surface area contributed by atoms with Gasteiger partial charge in [-0.15, -0.1) is 0 Å². The molecule has 0 fully saturated rings. The molecule has 6 heteroatoms. The van der Waals surface area contributed by atoms with Gasteiger partial charge in [0.2, 0.25) is 10.0 Å². The average Bonchev–Trinajstić information content (AvgIpc) is 2.28. The number of sulfonamides is 1. The van der Waals surface area contributed by atoms with E-state index in [-0.39, 0.29) is 17.8 Å². The summed E-state index contributed by atoms with van der Waals surface area (Å²) in [7, 11) is -3.26. The molecule has 5 nitrogen and oxygen atoms in total. The van der Waals surface area contributed by atoms with Crippen LogP contribution in [0.15, 0.2) is 24.5 Å². The summed E-state index contributed by atoms with van der Waals surface area (Å²) in [5.41, 5.74) is 0.859. The molecule has 1 unspecified atom stereocenters. The van der Waals surface area contributed by atoms with Gasteiger partial charge in [-0.3, -0.25) is 4.98 Å². The summed E-state index contributed by atoms with van der Waals surface area (Å²) in [6, 6.07) is 3.67. The normalized spacial score (nSPS) is 13.8. The fourth-order valence-corrected chi connectivity index (χ4v) is 2.69. The lowest BCUT2D eigenvalue weighted by molar-refractivity contribution is 0.555. The Balaban J connectivity index is 2.50. The van der Waals surface area contributed by atoms with Crippen molar-refractivity contribution in [2.24, 2.45) is 0 Å². The SMILES string of the molecule is CC(C)NCCS(=O)(=O)NC(C)c1cccnc1. The number of pyridine rings is 1. The second-order valence-corrected chi connectivity index (χ2v) is 6.43. The zero-order valence-electron chi connectivity index (χ0n) is 11.1. The minimum atomic E-state index is -3.26. The number of nitrogens with one attached hydrogen (secondary N) is 2. The third kappa shape index (κ3) is 5.57. The van der Waals surface area contributed by atoms with Crippen LogP contribution < -0.4 is 10.0 Å². The fourth-order valence-electron chi connectivity index (χ4n) is 1.51. The molecule has 0 saturated heterocycles. The average molecular weight is 271 g/mol. The van der Waals surface area contributed by atoms with Crippen LogP contribution in [0.1, 0.15) is 32.4 Å². The molecule has 0 radical (unpaired) electrons. The van der Waals surface area contributed by atoms with Gasteiger partial charge in [-0.1, -0.05) is 19.9 Å². The zero-order valence-corrected chi connectivity index (χ0v) is 11.9. The Bertz CT molecular complexity index is 446. The molecule has 0 bridgehead atoms. The highest BCUT2D eigenvalue weighted by Gasteiger charge is 2.15. The zero-order chi connectivity index (χ0) is 13.6. The maximum Gasteiger partial charge on any atom is 0.213 e. The summed E-state index contributed by atoms with van der Waals surface area (Å²) >= 11 is 0. The molecule has 102 valence electrons. The molecule has 1 rings (SSSR count). The Morgan fingerprint density at radius 1 is 1.33 bits per heavy atom. The molecule has 0 aliphatic heterocycles. The van der Waals surface area contributed by atoms with E-state index < -0.39 is 10.0 Å². The van der Waals surface area contributed by atoms with Crippen molar-refractivity contribution < 1.29 is 8.42 Å². The third-order valence-electron chi connectivity index (χ3n) is 2.46. The Kier molecular flexibility index (Phi) is 5.71. The van der Waals surface area contributed by atoms with Gasteiger partial charge >= 0.3 is 0 Å². The van der Waals surface area contributed by atoms with E-state index in [0.29, 0.717) is 6.54 Å². The van der Waals surface area contributed by atoms with Crippen LogP contribution in [0, 0.1) is 0 Å². The first-order chi connectivity index (χ1) is 8.41. The summed E-state index contributed by atoms with van der Waals surface area (Å²) < 4.78 is 26.3. The monoisotopic (exact) mass is 271 g/mol. The van der Waals surface area contributed by atoms with Gasteiger partial charge in [-0.25, -0.2) is 13.1 Å². The predicted octanol–water partition coefficient (Wildman–Crippen LogP) is 1.06. The first-order valence-corrected chi connectivity index (χ1v) is 7.69. The molecule has 1 atom stereocenters. The number of rotatable bonds is 7. The molecule has 0 amide bonds. The van der Waals surface area contributed by atoms with E-state index in [9.17, 15) is 8.42 Å². The lowest BCUT2D eigenvalue weighted by Crippen LogP contribution is -2.35. The highest BCUT2D eigenvalue weighted by atomic mass is 32.2. The van der Waals surface area contributed by atoms with Crippen LogP contribution >= 0.6 is 0 Å². The van der Waals surface area contributed by atoms with Crippen molar-refractivity contribution in [3.05, 3.63) is 30.1 Å². The predicted molar refractivity (Wildman–Crippen MR) is 72.7 cm³/mol. The minimum absolute atomic E-state index is 0.0791. The van der Waals surface area contributed by atoms with Gasteiger partial charge in [0.15, 0.2) is 0 Å². The second kappa shape index (κ2) is 6.82. The Morgan fingerprint density at radius 2 is 2.06 bits per heavy atom. The molecule has 0 aliphatic rings. The van der Waals surface area contributed by atoms with Gasteiger partial charge in [0.25, 0.3) is 0 Å². The smallest absolute Gasteiger partial charge is 0.213 e. The van der Waals surface area contributed by atoms with Crippen molar-refractivity contribution in [3.8, 4) is 0 Å². The number of aromatic nitrogens is 1. The molecule has 0 saturated carbocycles. The van der Waals surface area contributed by atoms with E-state index in [2.05, 4.69) is 15.0 Å². The Hall–Kier alpha value is -0.980. The first kappa shape index (κ1) is 15.1. The van der Waals surface area contributed by atoms with Crippen molar-refractivity contribution in [1.82, 2.24) is 15.0 Å². The molecule has 0 aliphatic carbocycles. The van der Waals surface area contributed by atoms with Gasteiger partial charge < -0.3 is 5.32 Å². The number of nitrogens with zero attached hydrogens (tertiary/aromatic N) is 1. The van der Waals surface area contributed by atoms with E-state index in [1.54, 1.807) is 18.5 Å². The summed E-state index contributed by atoms with van der Waals surface area (Å²) in [5, 5.41) is 3.08. The largest absolute Gasteiger partial charge is 0.313 e. The topological polar surface area (TPSA) is 71.1 Å². The highest BCUT2D eigenvalue weighted by molar-refractivity contribution is 7.89. The number of hydrogen-bond donors (Lipinski definition) is 2. The molecular formula is C12H21N3O2S. The highest BCUT2D eigenvalue weighted by Crippen LogP contribution is 2.10. The fraction of sp³-hybridized carbons (Fsp3) is 0.583. The maximum absolute atomic E-state index is 11.8. The van der Waals surface area contributed by atoms with Crippen molar-refractivity contribution in [2.45, 2.75) is 32.9 Å². The molecule has 18 heavy (non-hydrogen) atoms. The molecule has 1 aromatic rings. The van der Waals surface area contributed by atoms with Crippen LogP contribution in [0.5, 0.6) is 0 Å². The minimum Gasteiger partial charge on any atom is -0.313 e. The molecule has 1 heterocycles. The Morgan fingerprint density at radius 3 is 2.61 bits per heavy atom. The summed E-state index contributed by atoms with van der Waals surface area (Å²) in [6.07, 6.45) is 3.33. The van der Waals surface area contributed by atoms with Gasteiger partial charge in [-0.2, -0.15) is 0 Å². The van der Waals surface area contributed by atoms with E-state index in [4.69, 9.17) is 0 Å². The van der Waals surface area contributed by atoms with E-state index in [1.807, 2.05) is 26.8 Å². The summed E-state index contributed by atoms with van der Waals surface area (Å²) in [6.45, 7) is 6.23. The summed E-state index contributed by atoms with van der Waals surface area (Å²) in [5.74, 6) is 0.0791. The van der Waals surface area contributed by atoms with Crippen LogP contribution in [0.4, 0.5) is 0 Å². The van der Waals surface area contributed by atoms with Gasteiger partial charge in [0, 0.05) is 31.0 Å². The van der Waals surface area contributed by atoms with Crippen molar-refractivity contribution >= 4 is 10.0 Å². The molecule has 0 aromatic carbocycles. The van der Waals surface area contributed by atoms with Gasteiger partial charge in [0.05, 0.1) is 5.75 Å².